The van der Waals surface area contributed by atoms with Crippen LogP contribution in [0.15, 0.2) is 24.4 Å². The highest BCUT2D eigenvalue weighted by molar-refractivity contribution is 6.35. The maximum absolute atomic E-state index is 13.0. The molecular weight excluding hydrogens is 387 g/mol. The third-order valence-corrected chi connectivity index (χ3v) is 3.95. The molecule has 0 aromatic carbocycles. The topological polar surface area (TPSA) is 127 Å². The van der Waals surface area contributed by atoms with Gasteiger partial charge in [0.25, 0.3) is 0 Å². The first-order valence-electron chi connectivity index (χ1n) is 8.52. The Bertz CT molecular complexity index is 947. The molecular formula is C17H20ClFN8O. The zero-order chi connectivity index (χ0) is 20.3. The van der Waals surface area contributed by atoms with Gasteiger partial charge in [-0.15, -0.1) is 5.10 Å². The molecule has 11 heteroatoms. The molecule has 0 aliphatic heterocycles. The van der Waals surface area contributed by atoms with E-state index in [0.29, 0.717) is 17.4 Å². The molecule has 3 aromatic heterocycles. The predicted molar refractivity (Wildman–Crippen MR) is 105 cm³/mol. The Morgan fingerprint density at radius 1 is 1.25 bits per heavy atom. The van der Waals surface area contributed by atoms with Crippen LogP contribution < -0.4 is 21.1 Å². The van der Waals surface area contributed by atoms with Crippen molar-refractivity contribution in [2.75, 3.05) is 16.4 Å². The van der Waals surface area contributed by atoms with Gasteiger partial charge in [0.15, 0.2) is 5.82 Å². The fraction of sp³-hybridized carbons (Fsp3) is 0.294. The summed E-state index contributed by atoms with van der Waals surface area (Å²) in [5.74, 6) is 1.17. The lowest BCUT2D eigenvalue weighted by Crippen LogP contribution is -2.13. The summed E-state index contributed by atoms with van der Waals surface area (Å²) in [4.78, 5) is 12.5. The van der Waals surface area contributed by atoms with Crippen LogP contribution in [0.3, 0.4) is 0 Å². The van der Waals surface area contributed by atoms with Crippen LogP contribution in [0.1, 0.15) is 32.5 Å². The molecule has 0 spiro atoms. The van der Waals surface area contributed by atoms with Crippen molar-refractivity contribution in [1.82, 2.24) is 25.1 Å². The van der Waals surface area contributed by atoms with Gasteiger partial charge in [-0.3, -0.25) is 10.1 Å². The molecule has 0 saturated carbocycles. The van der Waals surface area contributed by atoms with E-state index >= 15 is 0 Å². The summed E-state index contributed by atoms with van der Waals surface area (Å²) in [5.41, 5.74) is 6.52. The monoisotopic (exact) mass is 406 g/mol. The van der Waals surface area contributed by atoms with Gasteiger partial charge in [0.1, 0.15) is 22.5 Å². The van der Waals surface area contributed by atoms with Crippen molar-refractivity contribution in [3.8, 4) is 5.88 Å². The highest BCUT2D eigenvalue weighted by Crippen LogP contribution is 2.30. The number of aromatic amines is 1. The molecule has 3 rings (SSSR count). The van der Waals surface area contributed by atoms with E-state index in [2.05, 4.69) is 35.8 Å². The molecule has 0 aliphatic rings. The lowest BCUT2D eigenvalue weighted by Gasteiger charge is -2.15. The normalized spacial score (nSPS) is 12.1. The van der Waals surface area contributed by atoms with Crippen molar-refractivity contribution in [3.63, 3.8) is 0 Å². The second kappa shape index (κ2) is 8.26. The van der Waals surface area contributed by atoms with Gasteiger partial charge in [0, 0.05) is 6.07 Å². The number of nitrogens with zero attached hydrogens (tertiary/aromatic N) is 4. The van der Waals surface area contributed by atoms with Crippen LogP contribution in [0, 0.1) is 5.82 Å². The molecule has 0 fully saturated rings. The van der Waals surface area contributed by atoms with Crippen LogP contribution in [0.2, 0.25) is 5.02 Å². The van der Waals surface area contributed by atoms with Gasteiger partial charge in [0.2, 0.25) is 11.8 Å². The number of ether oxygens (including phenoxy) is 1. The van der Waals surface area contributed by atoms with Crippen molar-refractivity contribution < 1.29 is 9.13 Å². The number of aromatic nitrogens is 5. The first kappa shape index (κ1) is 19.6. The number of nitrogens with one attached hydrogen (secondary N) is 3. The van der Waals surface area contributed by atoms with E-state index in [1.165, 1.54) is 6.07 Å². The van der Waals surface area contributed by atoms with Gasteiger partial charge in [-0.05, 0) is 32.9 Å². The zero-order valence-corrected chi connectivity index (χ0v) is 16.3. The van der Waals surface area contributed by atoms with Gasteiger partial charge in [-0.2, -0.15) is 9.97 Å². The fourth-order valence-electron chi connectivity index (χ4n) is 2.32. The summed E-state index contributed by atoms with van der Waals surface area (Å²) >= 11 is 6.22. The third-order valence-electron chi connectivity index (χ3n) is 3.58. The van der Waals surface area contributed by atoms with Crippen molar-refractivity contribution in [1.29, 1.82) is 0 Å². The maximum Gasteiger partial charge on any atom is 0.234 e. The molecule has 148 valence electrons. The lowest BCUT2D eigenvalue weighted by molar-refractivity contribution is 0.232. The molecule has 0 amide bonds. The Labute approximate surface area is 165 Å². The molecule has 0 bridgehead atoms. The third kappa shape index (κ3) is 4.77. The number of rotatable bonds is 7. The molecule has 0 unspecified atom stereocenters. The van der Waals surface area contributed by atoms with Crippen LogP contribution in [-0.4, -0.2) is 31.3 Å². The molecule has 1 atom stereocenters. The van der Waals surface area contributed by atoms with E-state index in [1.807, 2.05) is 20.8 Å². The minimum absolute atomic E-state index is 0.00760. The number of hydrogen-bond donors (Lipinski definition) is 4. The SMILES string of the molecule is CC(C)Oc1cc(Nc2nc(N[C@@H](C)c3ccc(F)cn3)nc(N)c2Cl)[nH]n1. The Morgan fingerprint density at radius 2 is 2.04 bits per heavy atom. The minimum atomic E-state index is -0.408. The largest absolute Gasteiger partial charge is 0.474 e. The van der Waals surface area contributed by atoms with Gasteiger partial charge >= 0.3 is 0 Å². The lowest BCUT2D eigenvalue weighted by atomic mass is 10.2. The van der Waals surface area contributed by atoms with Crippen LogP contribution in [0.5, 0.6) is 5.88 Å². The summed E-state index contributed by atoms with van der Waals surface area (Å²) < 4.78 is 18.5. The molecule has 3 aromatic rings. The summed E-state index contributed by atoms with van der Waals surface area (Å²) in [6, 6.07) is 4.30. The molecule has 3 heterocycles. The van der Waals surface area contributed by atoms with Gasteiger partial charge in [-0.1, -0.05) is 11.6 Å². The van der Waals surface area contributed by atoms with E-state index in [-0.39, 0.29) is 34.8 Å². The van der Waals surface area contributed by atoms with Crippen molar-refractivity contribution >= 4 is 35.0 Å². The molecule has 0 radical (unpaired) electrons. The van der Waals surface area contributed by atoms with Crippen molar-refractivity contribution in [2.24, 2.45) is 0 Å². The summed E-state index contributed by atoms with van der Waals surface area (Å²) in [5, 5.41) is 13.1. The number of anilines is 4. The van der Waals surface area contributed by atoms with E-state index in [9.17, 15) is 4.39 Å². The number of hydrogen-bond acceptors (Lipinski definition) is 8. The number of H-pyrrole nitrogens is 1. The number of nitrogens with two attached hydrogens (primary N) is 1. The average Bonchev–Trinajstić information content (AvgIpc) is 3.06. The Balaban J connectivity index is 1.78. The van der Waals surface area contributed by atoms with Gasteiger partial charge in [0.05, 0.1) is 24.0 Å². The van der Waals surface area contributed by atoms with E-state index < -0.39 is 5.82 Å². The number of pyridine rings is 1. The first-order chi connectivity index (χ1) is 13.3. The fourth-order valence-corrected chi connectivity index (χ4v) is 2.45. The molecule has 28 heavy (non-hydrogen) atoms. The molecule has 0 saturated heterocycles. The quantitative estimate of drug-likeness (QED) is 0.468. The zero-order valence-electron chi connectivity index (χ0n) is 15.5. The second-order valence-electron chi connectivity index (χ2n) is 6.27. The molecule has 5 N–H and O–H groups in total. The minimum Gasteiger partial charge on any atom is -0.474 e. The molecule has 9 nitrogen and oxygen atoms in total. The van der Waals surface area contributed by atoms with E-state index in [4.69, 9.17) is 22.1 Å². The standard InChI is InChI=1S/C17H20ClFN8O/c1-8(2)28-13-6-12(26-27-13)23-16-14(18)15(20)24-17(25-16)22-9(3)11-5-4-10(19)7-21-11/h4-9H,1-3H3,(H5,20,22,23,24,25,26,27)/t9-/m0/s1. The smallest absolute Gasteiger partial charge is 0.234 e. The average molecular weight is 407 g/mol. The number of nitrogen functional groups attached to an aromatic ring is 1. The van der Waals surface area contributed by atoms with Gasteiger partial charge < -0.3 is 21.1 Å². The summed E-state index contributed by atoms with van der Waals surface area (Å²) in [6.45, 7) is 5.64. The van der Waals surface area contributed by atoms with E-state index in [0.717, 1.165) is 6.20 Å². The highest BCUT2D eigenvalue weighted by atomic mass is 35.5. The predicted octanol–water partition coefficient (Wildman–Crippen LogP) is 3.67. The highest BCUT2D eigenvalue weighted by Gasteiger charge is 2.15. The van der Waals surface area contributed by atoms with Crippen LogP contribution >= 0.6 is 11.6 Å². The van der Waals surface area contributed by atoms with E-state index in [1.54, 1.807) is 12.1 Å². The maximum atomic E-state index is 13.0. The first-order valence-corrected chi connectivity index (χ1v) is 8.89. The van der Waals surface area contributed by atoms with Gasteiger partial charge in [-0.25, -0.2) is 4.39 Å². The van der Waals surface area contributed by atoms with Crippen LogP contribution in [-0.2, 0) is 0 Å². The Morgan fingerprint density at radius 3 is 2.71 bits per heavy atom. The Kier molecular flexibility index (Phi) is 5.78. The molecule has 0 aliphatic carbocycles. The Hall–Kier alpha value is -3.14. The van der Waals surface area contributed by atoms with Crippen molar-refractivity contribution in [2.45, 2.75) is 32.9 Å². The van der Waals surface area contributed by atoms with Crippen molar-refractivity contribution in [3.05, 3.63) is 40.9 Å². The number of halogens is 2. The van der Waals surface area contributed by atoms with Crippen LogP contribution in [0.4, 0.5) is 27.8 Å². The van der Waals surface area contributed by atoms with Crippen LogP contribution in [0.25, 0.3) is 0 Å². The summed E-state index contributed by atoms with van der Waals surface area (Å²) in [6.07, 6.45) is 1.14. The second-order valence-corrected chi connectivity index (χ2v) is 6.65. The summed E-state index contributed by atoms with van der Waals surface area (Å²) in [7, 11) is 0.